The van der Waals surface area contributed by atoms with Crippen molar-refractivity contribution in [2.45, 2.75) is 19.5 Å². The van der Waals surface area contributed by atoms with Crippen molar-refractivity contribution >= 4 is 47.2 Å². The van der Waals surface area contributed by atoms with E-state index in [2.05, 4.69) is 15.6 Å². The van der Waals surface area contributed by atoms with Gasteiger partial charge in [0, 0.05) is 30.8 Å². The number of rotatable bonds is 8. The number of nitrogens with one attached hydrogen (secondary N) is 2. The SMILES string of the molecule is COCCNC(=NCc1ccc([N+](=O)[O-])cc1)NC(C)c1ccccc1Cl.I. The van der Waals surface area contributed by atoms with Gasteiger partial charge in [-0.05, 0) is 24.1 Å². The number of nitro benzene ring substituents is 1. The van der Waals surface area contributed by atoms with Gasteiger partial charge in [0.2, 0.25) is 0 Å². The van der Waals surface area contributed by atoms with Crippen LogP contribution in [-0.2, 0) is 11.3 Å². The van der Waals surface area contributed by atoms with E-state index in [1.165, 1.54) is 12.1 Å². The molecule has 0 bridgehead atoms. The number of methoxy groups -OCH3 is 1. The molecule has 0 aliphatic heterocycles. The summed E-state index contributed by atoms with van der Waals surface area (Å²) in [5.74, 6) is 0.609. The number of hydrogen-bond acceptors (Lipinski definition) is 4. The first kappa shape index (κ1) is 24.1. The Bertz CT molecular complexity index is 787. The third-order valence-corrected chi connectivity index (χ3v) is 4.23. The molecule has 0 aromatic heterocycles. The summed E-state index contributed by atoms with van der Waals surface area (Å²) in [5, 5.41) is 18.0. The third kappa shape index (κ3) is 7.61. The van der Waals surface area contributed by atoms with Crippen molar-refractivity contribution in [1.82, 2.24) is 10.6 Å². The number of benzene rings is 2. The molecule has 9 heteroatoms. The summed E-state index contributed by atoms with van der Waals surface area (Å²) < 4.78 is 5.07. The van der Waals surface area contributed by atoms with Gasteiger partial charge in [-0.2, -0.15) is 0 Å². The lowest BCUT2D eigenvalue weighted by Gasteiger charge is -2.19. The van der Waals surface area contributed by atoms with Crippen molar-refractivity contribution in [3.05, 3.63) is 74.8 Å². The maximum Gasteiger partial charge on any atom is 0.269 e. The Balaban J connectivity index is 0.00000392. The molecule has 0 aliphatic carbocycles. The van der Waals surface area contributed by atoms with E-state index in [0.29, 0.717) is 30.7 Å². The van der Waals surface area contributed by atoms with Crippen LogP contribution in [0.2, 0.25) is 5.02 Å². The zero-order chi connectivity index (χ0) is 19.6. The van der Waals surface area contributed by atoms with Gasteiger partial charge in [0.15, 0.2) is 5.96 Å². The van der Waals surface area contributed by atoms with Crippen LogP contribution in [0.15, 0.2) is 53.5 Å². The normalized spacial score (nSPS) is 12.0. The maximum atomic E-state index is 10.7. The third-order valence-electron chi connectivity index (χ3n) is 3.89. The lowest BCUT2D eigenvalue weighted by Crippen LogP contribution is -2.40. The van der Waals surface area contributed by atoms with Crippen molar-refractivity contribution in [3.63, 3.8) is 0 Å². The second kappa shape index (κ2) is 12.5. The highest BCUT2D eigenvalue weighted by atomic mass is 127. The maximum absolute atomic E-state index is 10.7. The minimum absolute atomic E-state index is 0. The molecule has 152 valence electrons. The Hall–Kier alpha value is -1.91. The summed E-state index contributed by atoms with van der Waals surface area (Å²) in [4.78, 5) is 14.9. The summed E-state index contributed by atoms with van der Waals surface area (Å²) >= 11 is 6.27. The van der Waals surface area contributed by atoms with E-state index in [9.17, 15) is 10.1 Å². The first-order valence-electron chi connectivity index (χ1n) is 8.53. The molecule has 1 unspecified atom stereocenters. The Morgan fingerprint density at radius 2 is 1.93 bits per heavy atom. The van der Waals surface area contributed by atoms with Gasteiger partial charge in [0.05, 0.1) is 24.1 Å². The van der Waals surface area contributed by atoms with Crippen LogP contribution in [0.1, 0.15) is 24.1 Å². The van der Waals surface area contributed by atoms with E-state index in [1.54, 1.807) is 19.2 Å². The van der Waals surface area contributed by atoms with E-state index in [4.69, 9.17) is 16.3 Å². The summed E-state index contributed by atoms with van der Waals surface area (Å²) in [6.07, 6.45) is 0. The van der Waals surface area contributed by atoms with Crippen LogP contribution in [0.3, 0.4) is 0 Å². The molecule has 2 rings (SSSR count). The number of ether oxygens (including phenoxy) is 1. The zero-order valence-corrected chi connectivity index (χ0v) is 18.8. The average molecular weight is 519 g/mol. The van der Waals surface area contributed by atoms with E-state index in [-0.39, 0.29) is 35.7 Å². The molecule has 2 aromatic carbocycles. The second-order valence-electron chi connectivity index (χ2n) is 5.90. The van der Waals surface area contributed by atoms with Gasteiger partial charge < -0.3 is 15.4 Å². The number of halogens is 2. The molecule has 0 amide bonds. The molecule has 2 N–H and O–H groups in total. The van der Waals surface area contributed by atoms with Gasteiger partial charge >= 0.3 is 0 Å². The highest BCUT2D eigenvalue weighted by Crippen LogP contribution is 2.22. The Labute approximate surface area is 186 Å². The number of non-ortho nitro benzene ring substituents is 1. The number of nitro groups is 1. The Morgan fingerprint density at radius 3 is 2.54 bits per heavy atom. The molecule has 2 aromatic rings. The Kier molecular flexibility index (Phi) is 10.8. The van der Waals surface area contributed by atoms with Crippen LogP contribution < -0.4 is 10.6 Å². The molecule has 0 aliphatic rings. The predicted molar refractivity (Wildman–Crippen MR) is 123 cm³/mol. The van der Waals surface area contributed by atoms with Crippen molar-refractivity contribution in [1.29, 1.82) is 0 Å². The van der Waals surface area contributed by atoms with E-state index >= 15 is 0 Å². The molecule has 0 saturated carbocycles. The van der Waals surface area contributed by atoms with Crippen LogP contribution in [0.25, 0.3) is 0 Å². The Morgan fingerprint density at radius 1 is 1.25 bits per heavy atom. The van der Waals surface area contributed by atoms with E-state index < -0.39 is 4.92 Å². The minimum Gasteiger partial charge on any atom is -0.383 e. The quantitative estimate of drug-likeness (QED) is 0.136. The fourth-order valence-electron chi connectivity index (χ4n) is 2.43. The molecule has 7 nitrogen and oxygen atoms in total. The zero-order valence-electron chi connectivity index (χ0n) is 15.7. The largest absolute Gasteiger partial charge is 0.383 e. The van der Waals surface area contributed by atoms with Gasteiger partial charge in [0.1, 0.15) is 0 Å². The molecule has 0 radical (unpaired) electrons. The molecule has 0 heterocycles. The summed E-state index contributed by atoms with van der Waals surface area (Å²) in [7, 11) is 1.63. The molecular weight excluding hydrogens is 495 g/mol. The number of guanidine groups is 1. The smallest absolute Gasteiger partial charge is 0.269 e. The highest BCUT2D eigenvalue weighted by Gasteiger charge is 2.11. The average Bonchev–Trinajstić information content (AvgIpc) is 2.66. The van der Waals surface area contributed by atoms with Gasteiger partial charge in [-0.3, -0.25) is 10.1 Å². The van der Waals surface area contributed by atoms with E-state index in [0.717, 1.165) is 11.1 Å². The topological polar surface area (TPSA) is 88.8 Å². The first-order chi connectivity index (χ1) is 13.0. The van der Waals surface area contributed by atoms with Gasteiger partial charge in [-0.15, -0.1) is 24.0 Å². The highest BCUT2D eigenvalue weighted by molar-refractivity contribution is 14.0. The van der Waals surface area contributed by atoms with Crippen LogP contribution >= 0.6 is 35.6 Å². The molecule has 0 spiro atoms. The molecular formula is C19H24ClIN4O3. The lowest BCUT2D eigenvalue weighted by atomic mass is 10.1. The fourth-order valence-corrected chi connectivity index (χ4v) is 2.73. The summed E-state index contributed by atoms with van der Waals surface area (Å²) in [5.41, 5.74) is 1.90. The molecule has 28 heavy (non-hydrogen) atoms. The minimum atomic E-state index is -0.419. The molecule has 1 atom stereocenters. The van der Waals surface area contributed by atoms with Crippen molar-refractivity contribution in [2.24, 2.45) is 4.99 Å². The fraction of sp³-hybridized carbons (Fsp3) is 0.316. The predicted octanol–water partition coefficient (Wildman–Crippen LogP) is 4.31. The molecule has 0 saturated heterocycles. The van der Waals surface area contributed by atoms with Gasteiger partial charge in [-0.25, -0.2) is 4.99 Å². The van der Waals surface area contributed by atoms with Crippen LogP contribution in [0, 0.1) is 10.1 Å². The lowest BCUT2D eigenvalue weighted by molar-refractivity contribution is -0.384. The van der Waals surface area contributed by atoms with Crippen molar-refractivity contribution in [2.75, 3.05) is 20.3 Å². The van der Waals surface area contributed by atoms with Crippen LogP contribution in [-0.4, -0.2) is 31.1 Å². The summed E-state index contributed by atoms with van der Waals surface area (Å²) in [6.45, 7) is 3.52. The van der Waals surface area contributed by atoms with Crippen molar-refractivity contribution < 1.29 is 9.66 Å². The number of hydrogen-bond donors (Lipinski definition) is 2. The number of nitrogens with zero attached hydrogens (tertiary/aromatic N) is 2. The van der Waals surface area contributed by atoms with Gasteiger partial charge in [0.25, 0.3) is 5.69 Å². The van der Waals surface area contributed by atoms with Crippen LogP contribution in [0.4, 0.5) is 5.69 Å². The molecule has 0 fully saturated rings. The first-order valence-corrected chi connectivity index (χ1v) is 8.90. The monoisotopic (exact) mass is 518 g/mol. The standard InChI is InChI=1S/C19H23ClN4O3.HI/c1-14(17-5-3-4-6-18(17)20)23-19(21-11-12-27-2)22-13-15-7-9-16(10-8-15)24(25)26;/h3-10,14H,11-13H2,1-2H3,(H2,21,22,23);1H. The van der Waals surface area contributed by atoms with E-state index in [1.807, 2.05) is 31.2 Å². The van der Waals surface area contributed by atoms with Crippen LogP contribution in [0.5, 0.6) is 0 Å². The second-order valence-corrected chi connectivity index (χ2v) is 6.30. The van der Waals surface area contributed by atoms with Gasteiger partial charge in [-0.1, -0.05) is 41.9 Å². The number of aliphatic imine (C=N–C) groups is 1. The van der Waals surface area contributed by atoms with Crippen molar-refractivity contribution in [3.8, 4) is 0 Å². The summed E-state index contributed by atoms with van der Waals surface area (Å²) in [6, 6.07) is 13.9.